The van der Waals surface area contributed by atoms with Gasteiger partial charge in [0.15, 0.2) is 0 Å². The molecule has 5 heteroatoms. The van der Waals surface area contributed by atoms with E-state index in [0.29, 0.717) is 0 Å². The van der Waals surface area contributed by atoms with Crippen LogP contribution in [0.5, 0.6) is 0 Å². The van der Waals surface area contributed by atoms with Crippen molar-refractivity contribution in [2.45, 2.75) is 13.8 Å². The largest absolute Gasteiger partial charge is 0.246 e. The standard InChI is InChI=1S/C8H8N4S/c1-6-8(13-7(2)11-6)4-3-5-10-12-9/h5H2,1-2H3. The molecule has 1 aromatic heterocycles. The molecule has 0 aliphatic rings. The third-order valence-corrected chi connectivity index (χ3v) is 2.31. The van der Waals surface area contributed by atoms with Crippen molar-refractivity contribution >= 4 is 11.3 Å². The van der Waals surface area contributed by atoms with Crippen molar-refractivity contribution in [3.8, 4) is 11.8 Å². The van der Waals surface area contributed by atoms with Gasteiger partial charge in [-0.2, -0.15) is 0 Å². The highest BCUT2D eigenvalue weighted by atomic mass is 32.1. The van der Waals surface area contributed by atoms with Crippen molar-refractivity contribution in [2.24, 2.45) is 5.11 Å². The second-order valence-electron chi connectivity index (χ2n) is 2.34. The van der Waals surface area contributed by atoms with E-state index in [2.05, 4.69) is 26.9 Å². The Morgan fingerprint density at radius 3 is 2.92 bits per heavy atom. The smallest absolute Gasteiger partial charge is 0.0998 e. The Bertz CT molecular complexity index is 404. The summed E-state index contributed by atoms with van der Waals surface area (Å²) < 4.78 is 0. The molecule has 0 fully saturated rings. The summed E-state index contributed by atoms with van der Waals surface area (Å²) in [6.45, 7) is 4.07. The molecule has 66 valence electrons. The molecule has 0 aliphatic carbocycles. The second kappa shape index (κ2) is 4.51. The average Bonchev–Trinajstić information content (AvgIpc) is 2.39. The van der Waals surface area contributed by atoms with E-state index in [1.165, 1.54) is 0 Å². The summed E-state index contributed by atoms with van der Waals surface area (Å²) in [5.41, 5.74) is 8.94. The van der Waals surface area contributed by atoms with Gasteiger partial charge in [-0.15, -0.1) is 11.3 Å². The number of azide groups is 1. The molecule has 1 heterocycles. The SMILES string of the molecule is Cc1nc(C)c(C#CCN=[N+]=[N-])s1. The quantitative estimate of drug-likeness (QED) is 0.292. The molecule has 1 aromatic rings. The van der Waals surface area contributed by atoms with Gasteiger partial charge in [0.1, 0.15) is 0 Å². The van der Waals surface area contributed by atoms with Crippen molar-refractivity contribution in [1.29, 1.82) is 0 Å². The zero-order valence-corrected chi connectivity index (χ0v) is 8.22. The summed E-state index contributed by atoms with van der Waals surface area (Å²) in [4.78, 5) is 7.78. The third-order valence-electron chi connectivity index (χ3n) is 1.32. The van der Waals surface area contributed by atoms with E-state index < -0.39 is 0 Å². The van der Waals surface area contributed by atoms with Gasteiger partial charge in [-0.05, 0) is 19.4 Å². The van der Waals surface area contributed by atoms with Crippen molar-refractivity contribution in [3.63, 3.8) is 0 Å². The second-order valence-corrected chi connectivity index (χ2v) is 3.54. The van der Waals surface area contributed by atoms with Gasteiger partial charge in [0, 0.05) is 4.91 Å². The topological polar surface area (TPSA) is 61.7 Å². The number of thiazole rings is 1. The number of nitrogens with zero attached hydrogens (tertiary/aromatic N) is 4. The molecule has 0 aromatic carbocycles. The molecule has 0 saturated heterocycles. The molecule has 0 N–H and O–H groups in total. The Hall–Kier alpha value is -1.50. The molecule has 1 rings (SSSR count). The third kappa shape index (κ3) is 2.79. The molecular weight excluding hydrogens is 184 g/mol. The lowest BCUT2D eigenvalue weighted by molar-refractivity contribution is 1.19. The predicted molar refractivity (Wildman–Crippen MR) is 52.5 cm³/mol. The Kier molecular flexibility index (Phi) is 3.32. The average molecular weight is 192 g/mol. The monoisotopic (exact) mass is 192 g/mol. The van der Waals surface area contributed by atoms with E-state index >= 15 is 0 Å². The molecule has 0 spiro atoms. The Morgan fingerprint density at radius 2 is 2.38 bits per heavy atom. The number of aromatic nitrogens is 1. The molecule has 0 radical (unpaired) electrons. The van der Waals surface area contributed by atoms with Crippen LogP contribution in [0.1, 0.15) is 15.6 Å². The maximum absolute atomic E-state index is 8.00. The summed E-state index contributed by atoms with van der Waals surface area (Å²) in [6.07, 6.45) is 0. The van der Waals surface area contributed by atoms with Crippen molar-refractivity contribution < 1.29 is 0 Å². The molecular formula is C8H8N4S. The fourth-order valence-electron chi connectivity index (χ4n) is 0.834. The van der Waals surface area contributed by atoms with Crippen molar-refractivity contribution in [1.82, 2.24) is 4.98 Å². The summed E-state index contributed by atoms with van der Waals surface area (Å²) in [7, 11) is 0. The number of hydrogen-bond donors (Lipinski definition) is 0. The van der Waals surface area contributed by atoms with Gasteiger partial charge in [0.2, 0.25) is 0 Å². The highest BCUT2D eigenvalue weighted by molar-refractivity contribution is 7.12. The number of rotatable bonds is 1. The fraction of sp³-hybridized carbons (Fsp3) is 0.375. The van der Waals surface area contributed by atoms with E-state index in [1.807, 2.05) is 13.8 Å². The Labute approximate surface area is 80.2 Å². The molecule has 0 saturated carbocycles. The minimum Gasteiger partial charge on any atom is -0.246 e. The molecule has 0 aliphatic heterocycles. The van der Waals surface area contributed by atoms with Gasteiger partial charge in [-0.1, -0.05) is 17.0 Å². The van der Waals surface area contributed by atoms with E-state index in [1.54, 1.807) is 11.3 Å². The fourth-order valence-corrected chi connectivity index (χ4v) is 1.63. The van der Waals surface area contributed by atoms with Gasteiger partial charge < -0.3 is 0 Å². The first-order valence-corrected chi connectivity index (χ1v) is 4.49. The summed E-state index contributed by atoms with van der Waals surface area (Å²) in [5, 5.41) is 4.32. The van der Waals surface area contributed by atoms with Crippen molar-refractivity contribution in [2.75, 3.05) is 6.54 Å². The zero-order valence-electron chi connectivity index (χ0n) is 7.40. The van der Waals surface area contributed by atoms with E-state index in [9.17, 15) is 0 Å². The van der Waals surface area contributed by atoms with Gasteiger partial charge >= 0.3 is 0 Å². The van der Waals surface area contributed by atoms with Crippen LogP contribution in [0.15, 0.2) is 5.11 Å². The zero-order chi connectivity index (χ0) is 9.68. The number of hydrogen-bond acceptors (Lipinski definition) is 3. The highest BCUT2D eigenvalue weighted by Gasteiger charge is 1.99. The van der Waals surface area contributed by atoms with Crippen LogP contribution in [0.3, 0.4) is 0 Å². The van der Waals surface area contributed by atoms with Crippen LogP contribution in [0.25, 0.3) is 10.4 Å². The Morgan fingerprint density at radius 1 is 1.62 bits per heavy atom. The molecule has 13 heavy (non-hydrogen) atoms. The highest BCUT2D eigenvalue weighted by Crippen LogP contribution is 2.14. The summed E-state index contributed by atoms with van der Waals surface area (Å²) >= 11 is 1.55. The van der Waals surface area contributed by atoms with Gasteiger partial charge in [-0.25, -0.2) is 4.98 Å². The maximum atomic E-state index is 8.00. The first-order chi connectivity index (χ1) is 6.24. The molecule has 0 amide bonds. The Balaban J connectivity index is 2.76. The van der Waals surface area contributed by atoms with E-state index in [0.717, 1.165) is 15.6 Å². The maximum Gasteiger partial charge on any atom is 0.0998 e. The minimum absolute atomic E-state index is 0.215. The van der Waals surface area contributed by atoms with Crippen LogP contribution < -0.4 is 0 Å². The molecule has 0 bridgehead atoms. The molecule has 4 nitrogen and oxygen atoms in total. The van der Waals surface area contributed by atoms with Gasteiger partial charge in [0.25, 0.3) is 0 Å². The molecule has 0 atom stereocenters. The molecule has 0 unspecified atom stereocenters. The predicted octanol–water partition coefficient (Wildman–Crippen LogP) is 2.42. The summed E-state index contributed by atoms with van der Waals surface area (Å²) in [5.74, 6) is 5.67. The van der Waals surface area contributed by atoms with Crippen LogP contribution >= 0.6 is 11.3 Å². The van der Waals surface area contributed by atoms with Crippen molar-refractivity contribution in [3.05, 3.63) is 26.0 Å². The lowest BCUT2D eigenvalue weighted by Gasteiger charge is -1.80. The van der Waals surface area contributed by atoms with Gasteiger partial charge in [0.05, 0.1) is 22.1 Å². The first-order valence-electron chi connectivity index (χ1n) is 3.68. The normalized spacial score (nSPS) is 8.46. The number of aryl methyl sites for hydroxylation is 2. The van der Waals surface area contributed by atoms with Crippen LogP contribution in [0, 0.1) is 25.7 Å². The van der Waals surface area contributed by atoms with Crippen LogP contribution in [0.4, 0.5) is 0 Å². The lowest BCUT2D eigenvalue weighted by atomic mass is 10.4. The van der Waals surface area contributed by atoms with Crippen LogP contribution in [0.2, 0.25) is 0 Å². The van der Waals surface area contributed by atoms with Crippen LogP contribution in [-0.4, -0.2) is 11.5 Å². The van der Waals surface area contributed by atoms with Crippen LogP contribution in [-0.2, 0) is 0 Å². The van der Waals surface area contributed by atoms with Gasteiger partial charge in [-0.3, -0.25) is 0 Å². The van der Waals surface area contributed by atoms with E-state index in [-0.39, 0.29) is 6.54 Å². The minimum atomic E-state index is 0.215. The first kappa shape index (κ1) is 9.59. The van der Waals surface area contributed by atoms with E-state index in [4.69, 9.17) is 5.53 Å². The summed E-state index contributed by atoms with van der Waals surface area (Å²) in [6, 6.07) is 0. The lowest BCUT2D eigenvalue weighted by Crippen LogP contribution is -1.75.